The predicted molar refractivity (Wildman–Crippen MR) is 100 cm³/mol. The minimum absolute atomic E-state index is 0.639. The zero-order valence-corrected chi connectivity index (χ0v) is 14.7. The average Bonchev–Trinajstić information content (AvgIpc) is 2.47. The van der Waals surface area contributed by atoms with Gasteiger partial charge in [-0.2, -0.15) is 0 Å². The Kier molecular flexibility index (Phi) is 6.25. The highest BCUT2D eigenvalue weighted by Crippen LogP contribution is 2.13. The van der Waals surface area contributed by atoms with Crippen LogP contribution < -0.4 is 15.4 Å². The molecule has 0 bridgehead atoms. The zero-order chi connectivity index (χ0) is 15.1. The van der Waals surface area contributed by atoms with Gasteiger partial charge < -0.3 is 15.4 Å². The zero-order valence-electron chi connectivity index (χ0n) is 11.7. The van der Waals surface area contributed by atoms with Gasteiger partial charge in [0.25, 0.3) is 0 Å². The highest BCUT2D eigenvalue weighted by Gasteiger charge is 1.99. The molecule has 0 aromatic heterocycles. The largest absolute Gasteiger partial charge is 0.497 e. The first-order valence-corrected chi connectivity index (χ1v) is 8.09. The van der Waals surface area contributed by atoms with Crippen LogP contribution in [0.3, 0.4) is 0 Å². The summed E-state index contributed by atoms with van der Waals surface area (Å²) in [5.74, 6) is 0.882. The van der Waals surface area contributed by atoms with Crippen LogP contribution in [0.4, 0.5) is 5.69 Å². The van der Waals surface area contributed by atoms with Crippen LogP contribution in [-0.2, 0) is 6.42 Å². The van der Waals surface area contributed by atoms with Crippen LogP contribution in [0.5, 0.6) is 5.75 Å². The number of anilines is 1. The van der Waals surface area contributed by atoms with Gasteiger partial charge in [-0.1, -0.05) is 18.2 Å². The summed E-state index contributed by atoms with van der Waals surface area (Å²) in [5.41, 5.74) is 2.22. The Morgan fingerprint density at radius 1 is 1.19 bits per heavy atom. The van der Waals surface area contributed by atoms with Crippen LogP contribution in [-0.4, -0.2) is 18.8 Å². The van der Waals surface area contributed by atoms with Gasteiger partial charge in [-0.3, -0.25) is 0 Å². The maximum absolute atomic E-state index is 5.29. The quantitative estimate of drug-likeness (QED) is 0.578. The molecule has 110 valence electrons. The molecule has 2 aromatic carbocycles. The van der Waals surface area contributed by atoms with Crippen molar-refractivity contribution in [2.45, 2.75) is 6.42 Å². The number of hydrogen-bond donors (Lipinski definition) is 2. The molecule has 0 amide bonds. The van der Waals surface area contributed by atoms with Gasteiger partial charge in [-0.25, -0.2) is 0 Å². The summed E-state index contributed by atoms with van der Waals surface area (Å²) in [7, 11) is 1.68. The first-order chi connectivity index (χ1) is 10.2. The van der Waals surface area contributed by atoms with Gasteiger partial charge >= 0.3 is 0 Å². The number of halogens is 1. The van der Waals surface area contributed by atoms with Crippen molar-refractivity contribution in [3.8, 4) is 5.75 Å². The minimum Gasteiger partial charge on any atom is -0.497 e. The van der Waals surface area contributed by atoms with E-state index >= 15 is 0 Å². The van der Waals surface area contributed by atoms with Crippen LogP contribution in [0.1, 0.15) is 5.56 Å². The van der Waals surface area contributed by atoms with Crippen LogP contribution in [0.15, 0.2) is 48.5 Å². The molecule has 21 heavy (non-hydrogen) atoms. The van der Waals surface area contributed by atoms with Crippen molar-refractivity contribution in [1.29, 1.82) is 0 Å². The highest BCUT2D eigenvalue weighted by molar-refractivity contribution is 14.1. The van der Waals surface area contributed by atoms with E-state index in [0.29, 0.717) is 5.11 Å². The van der Waals surface area contributed by atoms with Crippen molar-refractivity contribution >= 4 is 45.6 Å². The maximum Gasteiger partial charge on any atom is 0.170 e. The molecule has 3 nitrogen and oxygen atoms in total. The summed E-state index contributed by atoms with van der Waals surface area (Å²) in [6, 6.07) is 16.2. The number of rotatable bonds is 5. The molecule has 0 heterocycles. The second-order valence-electron chi connectivity index (χ2n) is 4.49. The molecule has 0 aliphatic carbocycles. The Bertz CT molecular complexity index is 619. The van der Waals surface area contributed by atoms with E-state index in [2.05, 4.69) is 45.4 Å². The Balaban J connectivity index is 1.79. The van der Waals surface area contributed by atoms with E-state index in [1.807, 2.05) is 36.4 Å². The average molecular weight is 412 g/mol. The van der Waals surface area contributed by atoms with E-state index in [1.165, 1.54) is 9.13 Å². The van der Waals surface area contributed by atoms with Crippen molar-refractivity contribution < 1.29 is 4.74 Å². The number of nitrogens with one attached hydrogen (secondary N) is 2. The third-order valence-electron chi connectivity index (χ3n) is 2.92. The van der Waals surface area contributed by atoms with E-state index < -0.39 is 0 Å². The van der Waals surface area contributed by atoms with Gasteiger partial charge in [0.15, 0.2) is 5.11 Å². The Labute approximate surface area is 144 Å². The molecule has 0 aliphatic rings. The lowest BCUT2D eigenvalue weighted by molar-refractivity contribution is 0.414. The van der Waals surface area contributed by atoms with Crippen LogP contribution >= 0.6 is 34.8 Å². The summed E-state index contributed by atoms with van der Waals surface area (Å²) in [5, 5.41) is 7.03. The number of ether oxygens (including phenoxy) is 1. The second-order valence-corrected chi connectivity index (χ2v) is 6.15. The minimum atomic E-state index is 0.639. The summed E-state index contributed by atoms with van der Waals surface area (Å²) in [6.45, 7) is 0.781. The smallest absolute Gasteiger partial charge is 0.170 e. The van der Waals surface area contributed by atoms with Gasteiger partial charge in [0.05, 0.1) is 7.11 Å². The third-order valence-corrected chi connectivity index (χ3v) is 3.83. The van der Waals surface area contributed by atoms with Crippen molar-refractivity contribution in [2.24, 2.45) is 0 Å². The lowest BCUT2D eigenvalue weighted by Gasteiger charge is -2.11. The van der Waals surface area contributed by atoms with E-state index in [-0.39, 0.29) is 0 Å². The maximum atomic E-state index is 5.29. The molecule has 0 fully saturated rings. The standard InChI is InChI=1S/C16H17IN2OS/c1-20-15-7-2-4-12(10-15)8-9-18-16(21)19-14-6-3-5-13(17)11-14/h2-7,10-11H,8-9H2,1H3,(H2,18,19,21). The normalized spacial score (nSPS) is 10.0. The molecule has 0 atom stereocenters. The number of methoxy groups -OCH3 is 1. The van der Waals surface area contributed by atoms with Gasteiger partial charge in [0.2, 0.25) is 0 Å². The lowest BCUT2D eigenvalue weighted by atomic mass is 10.1. The van der Waals surface area contributed by atoms with Gasteiger partial charge in [0.1, 0.15) is 5.75 Å². The van der Waals surface area contributed by atoms with E-state index in [0.717, 1.165) is 24.4 Å². The van der Waals surface area contributed by atoms with E-state index in [1.54, 1.807) is 7.11 Å². The molecule has 2 rings (SSSR count). The Morgan fingerprint density at radius 3 is 2.76 bits per heavy atom. The molecule has 0 unspecified atom stereocenters. The molecule has 0 aliphatic heterocycles. The molecule has 0 saturated carbocycles. The van der Waals surface area contributed by atoms with E-state index in [9.17, 15) is 0 Å². The van der Waals surface area contributed by atoms with Crippen molar-refractivity contribution in [3.05, 3.63) is 57.7 Å². The van der Waals surface area contributed by atoms with Crippen molar-refractivity contribution in [1.82, 2.24) is 5.32 Å². The Morgan fingerprint density at radius 2 is 2.00 bits per heavy atom. The number of benzene rings is 2. The predicted octanol–water partition coefficient (Wildman–Crippen LogP) is 3.83. The molecule has 5 heteroatoms. The SMILES string of the molecule is COc1cccc(CCNC(=S)Nc2cccc(I)c2)c1. The van der Waals surface area contributed by atoms with Crippen LogP contribution in [0, 0.1) is 3.57 Å². The highest BCUT2D eigenvalue weighted by atomic mass is 127. The van der Waals surface area contributed by atoms with Gasteiger partial charge in [-0.05, 0) is 77.1 Å². The fourth-order valence-electron chi connectivity index (χ4n) is 1.89. The molecule has 0 spiro atoms. The molecular formula is C16H17IN2OS. The molecular weight excluding hydrogens is 395 g/mol. The number of thiocarbonyl (C=S) groups is 1. The van der Waals surface area contributed by atoms with Crippen LogP contribution in [0.25, 0.3) is 0 Å². The monoisotopic (exact) mass is 412 g/mol. The van der Waals surface area contributed by atoms with Gasteiger partial charge in [-0.15, -0.1) is 0 Å². The van der Waals surface area contributed by atoms with Crippen LogP contribution in [0.2, 0.25) is 0 Å². The lowest BCUT2D eigenvalue weighted by Crippen LogP contribution is -2.30. The van der Waals surface area contributed by atoms with Crippen molar-refractivity contribution in [2.75, 3.05) is 19.0 Å². The summed E-state index contributed by atoms with van der Waals surface area (Å²) < 4.78 is 6.39. The van der Waals surface area contributed by atoms with Crippen molar-refractivity contribution in [3.63, 3.8) is 0 Å². The molecule has 2 aromatic rings. The Hall–Kier alpha value is -1.34. The summed E-state index contributed by atoms with van der Waals surface area (Å²) in [6.07, 6.45) is 0.894. The molecule has 0 radical (unpaired) electrons. The summed E-state index contributed by atoms with van der Waals surface area (Å²) in [4.78, 5) is 0. The molecule has 2 N–H and O–H groups in total. The fraction of sp³-hybridized carbons (Fsp3) is 0.188. The molecule has 0 saturated heterocycles. The second kappa shape index (κ2) is 8.19. The van der Waals surface area contributed by atoms with E-state index in [4.69, 9.17) is 17.0 Å². The topological polar surface area (TPSA) is 33.3 Å². The third kappa shape index (κ3) is 5.51. The first kappa shape index (κ1) is 16.0. The van der Waals surface area contributed by atoms with Gasteiger partial charge in [0, 0.05) is 15.8 Å². The number of hydrogen-bond acceptors (Lipinski definition) is 2. The fourth-order valence-corrected chi connectivity index (χ4v) is 2.65. The summed E-state index contributed by atoms with van der Waals surface area (Å²) >= 11 is 7.57. The first-order valence-electron chi connectivity index (χ1n) is 6.61.